The highest BCUT2D eigenvalue weighted by atomic mass is 32.1. The zero-order chi connectivity index (χ0) is 23.2. The van der Waals surface area contributed by atoms with Crippen LogP contribution in [-0.2, 0) is 16.0 Å². The van der Waals surface area contributed by atoms with E-state index in [1.165, 1.54) is 17.4 Å². The first-order chi connectivity index (χ1) is 16.0. The lowest BCUT2D eigenvalue weighted by atomic mass is 9.96. The molecule has 2 aromatic carbocycles. The van der Waals surface area contributed by atoms with E-state index in [2.05, 4.69) is 10.3 Å². The fourth-order valence-electron chi connectivity index (χ4n) is 3.80. The summed E-state index contributed by atoms with van der Waals surface area (Å²) in [4.78, 5) is 32.2. The van der Waals surface area contributed by atoms with Crippen molar-refractivity contribution in [3.63, 3.8) is 0 Å². The summed E-state index contributed by atoms with van der Waals surface area (Å²) in [7, 11) is 0. The lowest BCUT2D eigenvalue weighted by molar-refractivity contribution is -0.130. The molecule has 0 radical (unpaired) electrons. The van der Waals surface area contributed by atoms with Gasteiger partial charge < -0.3 is 10.2 Å². The molecule has 7 heteroatoms. The second-order valence-corrected chi connectivity index (χ2v) is 9.34. The number of carbonyl (C=O) groups excluding carboxylic acids is 2. The normalized spacial score (nSPS) is 14.5. The van der Waals surface area contributed by atoms with E-state index in [0.29, 0.717) is 43.0 Å². The molecule has 0 unspecified atom stereocenters. The molecule has 4 rings (SSSR count). The van der Waals surface area contributed by atoms with Gasteiger partial charge in [-0.1, -0.05) is 42.5 Å². The molecule has 3 aromatic rings. The number of anilines is 1. The van der Waals surface area contributed by atoms with E-state index in [0.717, 1.165) is 16.0 Å². The second-order valence-electron chi connectivity index (χ2n) is 8.22. The van der Waals surface area contributed by atoms with Crippen LogP contribution in [0.4, 0.5) is 9.52 Å². The molecule has 1 aliphatic rings. The third-order valence-corrected chi connectivity index (χ3v) is 6.71. The average Bonchev–Trinajstić information content (AvgIpc) is 3.27. The van der Waals surface area contributed by atoms with E-state index in [1.807, 2.05) is 42.5 Å². The zero-order valence-electron chi connectivity index (χ0n) is 18.5. The monoisotopic (exact) mass is 463 g/mol. The highest BCUT2D eigenvalue weighted by Gasteiger charge is 2.27. The number of hydrogen-bond acceptors (Lipinski definition) is 4. The van der Waals surface area contributed by atoms with Crippen molar-refractivity contribution in [2.75, 3.05) is 18.4 Å². The molecule has 0 saturated carbocycles. The zero-order valence-corrected chi connectivity index (χ0v) is 19.3. The lowest BCUT2D eigenvalue weighted by Crippen LogP contribution is -2.40. The number of nitrogens with one attached hydrogen (secondary N) is 1. The van der Waals surface area contributed by atoms with Crippen molar-refractivity contribution in [3.05, 3.63) is 88.2 Å². The summed E-state index contributed by atoms with van der Waals surface area (Å²) >= 11 is 1.40. The summed E-state index contributed by atoms with van der Waals surface area (Å²) in [6.45, 7) is 2.84. The predicted molar refractivity (Wildman–Crippen MR) is 129 cm³/mol. The summed E-state index contributed by atoms with van der Waals surface area (Å²) in [6.07, 6.45) is 6.94. The summed E-state index contributed by atoms with van der Waals surface area (Å²) in [6, 6.07) is 14.9. The van der Waals surface area contributed by atoms with E-state index in [1.54, 1.807) is 30.2 Å². The van der Waals surface area contributed by atoms with Crippen LogP contribution in [0.1, 0.15) is 34.4 Å². The van der Waals surface area contributed by atoms with Crippen LogP contribution < -0.4 is 5.32 Å². The van der Waals surface area contributed by atoms with Crippen LogP contribution in [0.15, 0.2) is 60.8 Å². The molecule has 2 heterocycles. The first-order valence-electron chi connectivity index (χ1n) is 11.0. The Kier molecular flexibility index (Phi) is 7.29. The first-order valence-corrected chi connectivity index (χ1v) is 11.8. The van der Waals surface area contributed by atoms with Crippen LogP contribution in [0.3, 0.4) is 0 Å². The van der Waals surface area contributed by atoms with Crippen LogP contribution in [0, 0.1) is 18.7 Å². The van der Waals surface area contributed by atoms with Gasteiger partial charge in [0, 0.05) is 42.6 Å². The molecule has 1 aromatic heterocycles. The van der Waals surface area contributed by atoms with Gasteiger partial charge in [-0.3, -0.25) is 9.59 Å². The Morgan fingerprint density at radius 2 is 1.94 bits per heavy atom. The molecule has 1 aliphatic heterocycles. The minimum absolute atomic E-state index is 0.0326. The molecule has 0 atom stereocenters. The molecule has 0 aliphatic carbocycles. The third-order valence-electron chi connectivity index (χ3n) is 5.79. The number of nitrogens with zero attached hydrogens (tertiary/aromatic N) is 2. The average molecular weight is 464 g/mol. The maximum Gasteiger partial charge on any atom is 0.246 e. The van der Waals surface area contributed by atoms with Gasteiger partial charge in [0.2, 0.25) is 11.8 Å². The number of benzene rings is 2. The standard InChI is InChI=1S/C26H26FN3O2S/c1-18-7-8-20(16-23(18)27)15-22-17-28-26(33-22)29-25(32)21-11-13-30(14-12-21)24(31)10-9-19-5-3-2-4-6-19/h2-10,16-17,21H,11-15H2,1H3,(H,28,29,32)/b10-9+. The Hall–Kier alpha value is -3.32. The number of aromatic nitrogens is 1. The van der Waals surface area contributed by atoms with Gasteiger partial charge in [0.1, 0.15) is 5.82 Å². The van der Waals surface area contributed by atoms with Crippen LogP contribution in [0.2, 0.25) is 0 Å². The molecule has 2 amide bonds. The Morgan fingerprint density at radius 3 is 2.67 bits per heavy atom. The number of likely N-dealkylation sites (tertiary alicyclic amines) is 1. The summed E-state index contributed by atoms with van der Waals surface area (Å²) in [5.41, 5.74) is 2.48. The van der Waals surface area contributed by atoms with Gasteiger partial charge in [-0.25, -0.2) is 9.37 Å². The summed E-state index contributed by atoms with van der Waals surface area (Å²) in [5.74, 6) is -0.462. The summed E-state index contributed by atoms with van der Waals surface area (Å²) in [5, 5.41) is 3.45. The lowest BCUT2D eigenvalue weighted by Gasteiger charge is -2.30. The van der Waals surface area contributed by atoms with Crippen molar-refractivity contribution < 1.29 is 14.0 Å². The summed E-state index contributed by atoms with van der Waals surface area (Å²) < 4.78 is 13.8. The second kappa shape index (κ2) is 10.5. The van der Waals surface area contributed by atoms with Crippen LogP contribution in [-0.4, -0.2) is 34.8 Å². The van der Waals surface area contributed by atoms with E-state index in [9.17, 15) is 14.0 Å². The fraction of sp³-hybridized carbons (Fsp3) is 0.269. The molecule has 170 valence electrons. The van der Waals surface area contributed by atoms with Crippen LogP contribution >= 0.6 is 11.3 Å². The Morgan fingerprint density at radius 1 is 1.18 bits per heavy atom. The molecule has 1 N–H and O–H groups in total. The number of carbonyl (C=O) groups is 2. The quantitative estimate of drug-likeness (QED) is 0.519. The van der Waals surface area contributed by atoms with E-state index >= 15 is 0 Å². The largest absolute Gasteiger partial charge is 0.339 e. The highest BCUT2D eigenvalue weighted by molar-refractivity contribution is 7.15. The Balaban J connectivity index is 1.26. The van der Waals surface area contributed by atoms with Crippen molar-refractivity contribution in [2.45, 2.75) is 26.2 Å². The molecule has 33 heavy (non-hydrogen) atoms. The van der Waals surface area contributed by atoms with E-state index in [-0.39, 0.29) is 23.5 Å². The Bertz CT molecular complexity index is 1150. The van der Waals surface area contributed by atoms with Gasteiger partial charge in [-0.2, -0.15) is 0 Å². The van der Waals surface area contributed by atoms with Gasteiger partial charge in [-0.05, 0) is 48.6 Å². The number of piperidine rings is 1. The number of thiazole rings is 1. The van der Waals surface area contributed by atoms with Crippen molar-refractivity contribution in [1.29, 1.82) is 0 Å². The highest BCUT2D eigenvalue weighted by Crippen LogP contribution is 2.25. The van der Waals surface area contributed by atoms with Gasteiger partial charge in [0.25, 0.3) is 0 Å². The van der Waals surface area contributed by atoms with Gasteiger partial charge in [0.05, 0.1) is 0 Å². The number of halogens is 1. The number of rotatable bonds is 6. The molecule has 1 fully saturated rings. The van der Waals surface area contributed by atoms with E-state index in [4.69, 9.17) is 0 Å². The van der Waals surface area contributed by atoms with Crippen molar-refractivity contribution in [2.24, 2.45) is 5.92 Å². The SMILES string of the molecule is Cc1ccc(Cc2cnc(NC(=O)C3CCN(C(=O)/C=C/c4ccccc4)CC3)s2)cc1F. The van der Waals surface area contributed by atoms with Crippen LogP contribution in [0.25, 0.3) is 6.08 Å². The molecule has 0 bridgehead atoms. The van der Waals surface area contributed by atoms with E-state index < -0.39 is 0 Å². The smallest absolute Gasteiger partial charge is 0.246 e. The Labute approximate surface area is 197 Å². The molecule has 1 saturated heterocycles. The molecular weight excluding hydrogens is 437 g/mol. The molecule has 5 nitrogen and oxygen atoms in total. The number of amides is 2. The minimum Gasteiger partial charge on any atom is -0.339 e. The van der Waals surface area contributed by atoms with Crippen molar-refractivity contribution in [1.82, 2.24) is 9.88 Å². The number of hydrogen-bond donors (Lipinski definition) is 1. The first kappa shape index (κ1) is 22.9. The van der Waals surface area contributed by atoms with Gasteiger partial charge in [-0.15, -0.1) is 11.3 Å². The van der Waals surface area contributed by atoms with Crippen molar-refractivity contribution >= 4 is 34.4 Å². The third kappa shape index (κ3) is 6.14. The van der Waals surface area contributed by atoms with Crippen LogP contribution in [0.5, 0.6) is 0 Å². The predicted octanol–water partition coefficient (Wildman–Crippen LogP) is 5.07. The molecular formula is C26H26FN3O2S. The minimum atomic E-state index is -0.217. The topological polar surface area (TPSA) is 62.3 Å². The van der Waals surface area contributed by atoms with Crippen molar-refractivity contribution in [3.8, 4) is 0 Å². The maximum atomic E-state index is 13.8. The fourth-order valence-corrected chi connectivity index (χ4v) is 4.65. The van der Waals surface area contributed by atoms with Gasteiger partial charge >= 0.3 is 0 Å². The molecule has 0 spiro atoms. The maximum absolute atomic E-state index is 13.8. The van der Waals surface area contributed by atoms with Gasteiger partial charge in [0.15, 0.2) is 5.13 Å². The number of aryl methyl sites for hydroxylation is 1.